The van der Waals surface area contributed by atoms with E-state index in [2.05, 4.69) is 5.32 Å². The van der Waals surface area contributed by atoms with Crippen molar-refractivity contribution in [2.75, 3.05) is 5.32 Å². The number of nitrogens with one attached hydrogen (secondary N) is 1. The molecule has 0 fully saturated rings. The second-order valence-electron chi connectivity index (χ2n) is 4.62. The Morgan fingerprint density at radius 1 is 1.09 bits per heavy atom. The topological polar surface area (TPSA) is 161 Å². The summed E-state index contributed by atoms with van der Waals surface area (Å²) in [6.07, 6.45) is 0. The average molecular weight is 360 g/mol. The molecule has 0 bridgehead atoms. The third kappa shape index (κ3) is 3.59. The molecule has 0 spiro atoms. The Morgan fingerprint density at radius 3 is 2.13 bits per heavy atom. The molecule has 0 aromatic heterocycles. The van der Waals surface area contributed by atoms with Crippen LogP contribution in [0.4, 0.5) is 5.69 Å². The van der Waals surface area contributed by atoms with Gasteiger partial charge in [-0.1, -0.05) is 0 Å². The molecular weight excluding hydrogens is 350 g/mol. The molecule has 0 atom stereocenters. The maximum atomic E-state index is 11.3. The smallest absolute Gasteiger partial charge is 0.294 e. The SMILES string of the molecule is CC(=O)Nc1cc(S(=O)(=O)O)cc2cc(S(=O)(=O)[O-])cc(O)c12. The van der Waals surface area contributed by atoms with Gasteiger partial charge in [-0.3, -0.25) is 9.35 Å². The lowest BCUT2D eigenvalue weighted by molar-refractivity contribution is -0.114. The van der Waals surface area contributed by atoms with Crippen molar-refractivity contribution in [2.45, 2.75) is 16.7 Å². The summed E-state index contributed by atoms with van der Waals surface area (Å²) in [4.78, 5) is 9.77. The highest BCUT2D eigenvalue weighted by Gasteiger charge is 2.18. The van der Waals surface area contributed by atoms with Crippen molar-refractivity contribution in [2.24, 2.45) is 0 Å². The van der Waals surface area contributed by atoms with E-state index in [-0.39, 0.29) is 16.5 Å². The van der Waals surface area contributed by atoms with Gasteiger partial charge in [-0.25, -0.2) is 8.42 Å². The summed E-state index contributed by atoms with van der Waals surface area (Å²) in [5, 5.41) is 11.9. The molecule has 9 nitrogen and oxygen atoms in total. The van der Waals surface area contributed by atoms with E-state index in [0.717, 1.165) is 25.1 Å². The van der Waals surface area contributed by atoms with Crippen molar-refractivity contribution in [3.8, 4) is 5.75 Å². The van der Waals surface area contributed by atoms with Crippen molar-refractivity contribution in [1.29, 1.82) is 0 Å². The molecule has 0 radical (unpaired) electrons. The van der Waals surface area contributed by atoms with Crippen molar-refractivity contribution in [1.82, 2.24) is 0 Å². The molecule has 0 aliphatic heterocycles. The van der Waals surface area contributed by atoms with E-state index >= 15 is 0 Å². The Balaban J connectivity index is 2.95. The van der Waals surface area contributed by atoms with Crippen molar-refractivity contribution < 1.29 is 35.8 Å². The van der Waals surface area contributed by atoms with E-state index < -0.39 is 41.7 Å². The molecular formula is C12H10NO8S2-. The van der Waals surface area contributed by atoms with Crippen LogP contribution in [0.15, 0.2) is 34.1 Å². The van der Waals surface area contributed by atoms with Crippen molar-refractivity contribution in [3.63, 3.8) is 0 Å². The Bertz CT molecular complexity index is 1020. The predicted molar refractivity (Wildman–Crippen MR) is 77.7 cm³/mol. The molecule has 0 heterocycles. The van der Waals surface area contributed by atoms with Gasteiger partial charge < -0.3 is 15.0 Å². The summed E-state index contributed by atoms with van der Waals surface area (Å²) in [5.74, 6) is -1.25. The molecule has 0 unspecified atom stereocenters. The summed E-state index contributed by atoms with van der Waals surface area (Å²) >= 11 is 0. The highest BCUT2D eigenvalue weighted by Crippen LogP contribution is 2.36. The maximum absolute atomic E-state index is 11.3. The first kappa shape index (κ1) is 17.1. The molecule has 0 aliphatic carbocycles. The molecule has 3 N–H and O–H groups in total. The fraction of sp³-hybridized carbons (Fsp3) is 0.0833. The van der Waals surface area contributed by atoms with Gasteiger partial charge in [-0.2, -0.15) is 8.42 Å². The van der Waals surface area contributed by atoms with Crippen LogP contribution in [0, 0.1) is 0 Å². The number of rotatable bonds is 3. The number of phenols is 1. The van der Waals surface area contributed by atoms with Gasteiger partial charge in [0.15, 0.2) is 0 Å². The number of carbonyl (C=O) groups excluding carboxylic acids is 1. The predicted octanol–water partition coefficient (Wildman–Crippen LogP) is 0.655. The zero-order chi connectivity index (χ0) is 17.6. The summed E-state index contributed by atoms with van der Waals surface area (Å²) in [6.45, 7) is 1.12. The van der Waals surface area contributed by atoms with Gasteiger partial charge in [0, 0.05) is 12.3 Å². The minimum Gasteiger partial charge on any atom is -0.744 e. The number of fused-ring (bicyclic) bond motifs is 1. The highest BCUT2D eigenvalue weighted by molar-refractivity contribution is 7.86. The van der Waals surface area contributed by atoms with Crippen LogP contribution in [0.5, 0.6) is 5.75 Å². The Hall–Kier alpha value is -2.21. The lowest BCUT2D eigenvalue weighted by Crippen LogP contribution is -2.08. The molecule has 0 saturated heterocycles. The number of amides is 1. The molecule has 124 valence electrons. The number of carbonyl (C=O) groups is 1. The molecule has 11 heteroatoms. The average Bonchev–Trinajstić information content (AvgIpc) is 2.34. The van der Waals surface area contributed by atoms with Gasteiger partial charge in [0.05, 0.1) is 15.5 Å². The summed E-state index contributed by atoms with van der Waals surface area (Å²) in [6, 6.07) is 3.27. The number of hydrogen-bond acceptors (Lipinski definition) is 7. The first-order valence-electron chi connectivity index (χ1n) is 5.91. The number of phenolic OH excluding ortho intramolecular Hbond substituents is 1. The van der Waals surface area contributed by atoms with E-state index in [4.69, 9.17) is 4.55 Å². The van der Waals surface area contributed by atoms with Crippen molar-refractivity contribution in [3.05, 3.63) is 24.3 Å². The van der Waals surface area contributed by atoms with Crippen LogP contribution >= 0.6 is 0 Å². The number of anilines is 1. The Morgan fingerprint density at radius 2 is 1.65 bits per heavy atom. The van der Waals surface area contributed by atoms with Gasteiger partial charge in [0.25, 0.3) is 10.1 Å². The van der Waals surface area contributed by atoms with Crippen LogP contribution in [0.1, 0.15) is 6.92 Å². The molecule has 23 heavy (non-hydrogen) atoms. The van der Waals surface area contributed by atoms with Gasteiger partial charge in [0.2, 0.25) is 5.91 Å². The molecule has 0 aliphatic rings. The van der Waals surface area contributed by atoms with Gasteiger partial charge in [-0.15, -0.1) is 0 Å². The lowest BCUT2D eigenvalue weighted by Gasteiger charge is -2.14. The molecule has 2 aromatic rings. The largest absolute Gasteiger partial charge is 0.744 e. The summed E-state index contributed by atoms with van der Waals surface area (Å²) in [7, 11) is -9.58. The van der Waals surface area contributed by atoms with Gasteiger partial charge in [0.1, 0.15) is 15.9 Å². The summed E-state index contributed by atoms with van der Waals surface area (Å²) in [5.41, 5.74) is -0.171. The third-order valence-corrected chi connectivity index (χ3v) is 4.52. The maximum Gasteiger partial charge on any atom is 0.294 e. The minimum atomic E-state index is -4.91. The minimum absolute atomic E-state index is 0.0833. The second kappa shape index (κ2) is 5.45. The molecule has 2 rings (SSSR count). The zero-order valence-electron chi connectivity index (χ0n) is 11.5. The fourth-order valence-electron chi connectivity index (χ4n) is 2.02. The lowest BCUT2D eigenvalue weighted by atomic mass is 10.1. The first-order valence-corrected chi connectivity index (χ1v) is 8.76. The number of benzene rings is 2. The first-order chi connectivity index (χ1) is 10.4. The van der Waals surface area contributed by atoms with E-state index in [1.807, 2.05) is 0 Å². The van der Waals surface area contributed by atoms with Crippen LogP contribution in [0.2, 0.25) is 0 Å². The molecule has 0 saturated carbocycles. The zero-order valence-corrected chi connectivity index (χ0v) is 13.1. The highest BCUT2D eigenvalue weighted by atomic mass is 32.2. The monoisotopic (exact) mass is 360 g/mol. The van der Waals surface area contributed by atoms with Crippen LogP contribution in [-0.4, -0.2) is 37.0 Å². The Labute approximate surface area is 131 Å². The van der Waals surface area contributed by atoms with E-state index in [1.165, 1.54) is 0 Å². The van der Waals surface area contributed by atoms with Crippen LogP contribution in [0.3, 0.4) is 0 Å². The van der Waals surface area contributed by atoms with Gasteiger partial charge >= 0.3 is 0 Å². The third-order valence-electron chi connectivity index (χ3n) is 2.87. The van der Waals surface area contributed by atoms with E-state index in [1.54, 1.807) is 0 Å². The molecule has 2 aromatic carbocycles. The van der Waals surface area contributed by atoms with Crippen LogP contribution in [-0.2, 0) is 25.0 Å². The van der Waals surface area contributed by atoms with Crippen molar-refractivity contribution >= 4 is 42.6 Å². The van der Waals surface area contributed by atoms with E-state index in [9.17, 15) is 31.3 Å². The Kier molecular flexibility index (Phi) is 4.07. The molecule has 1 amide bonds. The normalized spacial score (nSPS) is 12.3. The number of aromatic hydroxyl groups is 1. The van der Waals surface area contributed by atoms with Crippen LogP contribution < -0.4 is 5.32 Å². The standard InChI is InChI=1S/C12H11NO8S2/c1-6(14)13-10-4-8(22(16,17)18)2-7-3-9(23(19,20)21)5-11(15)12(7)10/h2-5,15H,1H3,(H,13,14)(H,16,17,18)(H,19,20,21)/p-1. The quantitative estimate of drug-likeness (QED) is 0.672. The fourth-order valence-corrected chi connectivity index (χ4v) is 3.09. The second-order valence-corrected chi connectivity index (χ2v) is 7.42. The van der Waals surface area contributed by atoms with Crippen LogP contribution in [0.25, 0.3) is 10.8 Å². The van der Waals surface area contributed by atoms with Gasteiger partial charge in [-0.05, 0) is 29.7 Å². The van der Waals surface area contributed by atoms with E-state index in [0.29, 0.717) is 6.07 Å². The number of hydrogen-bond donors (Lipinski definition) is 3. The summed E-state index contributed by atoms with van der Waals surface area (Å²) < 4.78 is 64.9.